The van der Waals surface area contributed by atoms with E-state index in [9.17, 15) is 4.79 Å². The number of nitrogens with one attached hydrogen (secondary N) is 1. The Morgan fingerprint density at radius 3 is 2.56 bits per heavy atom. The number of piperazine rings is 1. The van der Waals surface area contributed by atoms with Crippen LogP contribution in [-0.2, 0) is 6.42 Å². The van der Waals surface area contributed by atoms with E-state index in [1.165, 1.54) is 12.0 Å². The van der Waals surface area contributed by atoms with Gasteiger partial charge < -0.3 is 24.4 Å². The molecule has 7 nitrogen and oxygen atoms in total. The molecule has 2 fully saturated rings. The average Bonchev–Trinajstić information content (AvgIpc) is 3.53. The van der Waals surface area contributed by atoms with Crippen molar-refractivity contribution in [1.29, 1.82) is 0 Å². The number of carbonyl (C=O) groups is 1. The highest BCUT2D eigenvalue weighted by atomic mass is 16.3. The van der Waals surface area contributed by atoms with Gasteiger partial charge in [-0.15, -0.1) is 0 Å². The molecule has 7 heteroatoms. The molecule has 2 aliphatic heterocycles. The number of guanidine groups is 1. The highest BCUT2D eigenvalue weighted by molar-refractivity contribution is 5.91. The van der Waals surface area contributed by atoms with E-state index in [0.717, 1.165) is 58.2 Å². The highest BCUT2D eigenvalue weighted by Crippen LogP contribution is 2.17. The summed E-state index contributed by atoms with van der Waals surface area (Å²) in [5.74, 6) is 1.97. The minimum atomic E-state index is -0.0295. The standard InChI is InChI=1S/C25H35N5O2/c1-2-26-25(30-16-14-29(15-17-30)24(31)23-9-6-18-32-23)27-19-22-11-13-28(20-22)12-10-21-7-4-3-5-8-21/h3-9,18,22H,2,10-17,19-20H2,1H3,(H,26,27). The normalized spacial score (nSPS) is 20.0. The van der Waals surface area contributed by atoms with Crippen LogP contribution in [-0.4, -0.2) is 85.5 Å². The molecule has 0 bridgehead atoms. The second-order valence-corrected chi connectivity index (χ2v) is 8.64. The molecule has 4 rings (SSSR count). The van der Waals surface area contributed by atoms with Gasteiger partial charge in [0.15, 0.2) is 11.7 Å². The van der Waals surface area contributed by atoms with Crippen LogP contribution in [0.2, 0.25) is 0 Å². The van der Waals surface area contributed by atoms with Gasteiger partial charge in [-0.3, -0.25) is 9.79 Å². The first-order chi connectivity index (χ1) is 15.7. The van der Waals surface area contributed by atoms with Gasteiger partial charge in [-0.2, -0.15) is 0 Å². The van der Waals surface area contributed by atoms with Crippen molar-refractivity contribution in [3.05, 3.63) is 60.1 Å². The van der Waals surface area contributed by atoms with Crippen LogP contribution in [0.25, 0.3) is 0 Å². The van der Waals surface area contributed by atoms with Crippen LogP contribution >= 0.6 is 0 Å². The Morgan fingerprint density at radius 2 is 1.84 bits per heavy atom. The SMILES string of the molecule is CCNC(=NCC1CCN(CCc2ccccc2)C1)N1CCN(C(=O)c2ccco2)CC1. The third-order valence-corrected chi connectivity index (χ3v) is 6.36. The van der Waals surface area contributed by atoms with E-state index in [2.05, 4.69) is 52.4 Å². The molecule has 172 valence electrons. The summed E-state index contributed by atoms with van der Waals surface area (Å²) in [7, 11) is 0. The van der Waals surface area contributed by atoms with Crippen molar-refractivity contribution < 1.29 is 9.21 Å². The highest BCUT2D eigenvalue weighted by Gasteiger charge is 2.26. The second kappa shape index (κ2) is 11.2. The molecule has 0 radical (unpaired) electrons. The summed E-state index contributed by atoms with van der Waals surface area (Å²) in [6, 6.07) is 14.2. The zero-order valence-electron chi connectivity index (χ0n) is 19.1. The molecule has 2 aromatic rings. The van der Waals surface area contributed by atoms with E-state index in [1.54, 1.807) is 18.4 Å². The minimum Gasteiger partial charge on any atom is -0.459 e. The van der Waals surface area contributed by atoms with Crippen molar-refractivity contribution in [2.45, 2.75) is 19.8 Å². The van der Waals surface area contributed by atoms with E-state index in [1.807, 2.05) is 4.90 Å². The number of rotatable bonds is 7. The number of aliphatic imine (C=N–C) groups is 1. The van der Waals surface area contributed by atoms with Crippen molar-refractivity contribution in [1.82, 2.24) is 20.0 Å². The Labute approximate surface area is 191 Å². The van der Waals surface area contributed by atoms with E-state index >= 15 is 0 Å². The molecular formula is C25H35N5O2. The third-order valence-electron chi connectivity index (χ3n) is 6.36. The molecule has 1 unspecified atom stereocenters. The van der Waals surface area contributed by atoms with Crippen molar-refractivity contribution in [3.63, 3.8) is 0 Å². The maximum atomic E-state index is 12.5. The maximum Gasteiger partial charge on any atom is 0.289 e. The fraction of sp³-hybridized carbons (Fsp3) is 0.520. The minimum absolute atomic E-state index is 0.0295. The molecule has 3 heterocycles. The third kappa shape index (κ3) is 5.91. The summed E-state index contributed by atoms with van der Waals surface area (Å²) in [6.07, 6.45) is 3.87. The average molecular weight is 438 g/mol. The van der Waals surface area contributed by atoms with Crippen molar-refractivity contribution in [2.24, 2.45) is 10.9 Å². The number of carbonyl (C=O) groups excluding carboxylic acids is 1. The molecule has 32 heavy (non-hydrogen) atoms. The first-order valence-corrected chi connectivity index (χ1v) is 11.8. The van der Waals surface area contributed by atoms with E-state index < -0.39 is 0 Å². The molecule has 0 saturated carbocycles. The largest absolute Gasteiger partial charge is 0.459 e. The number of benzene rings is 1. The van der Waals surface area contributed by atoms with Gasteiger partial charge in [0.1, 0.15) is 0 Å². The van der Waals surface area contributed by atoms with Crippen molar-refractivity contribution in [3.8, 4) is 0 Å². The lowest BCUT2D eigenvalue weighted by Crippen LogP contribution is -2.53. The van der Waals surface area contributed by atoms with Crippen LogP contribution < -0.4 is 5.32 Å². The smallest absolute Gasteiger partial charge is 0.289 e. The van der Waals surface area contributed by atoms with Crippen molar-refractivity contribution in [2.75, 3.05) is 58.9 Å². The topological polar surface area (TPSA) is 64.3 Å². The monoisotopic (exact) mass is 437 g/mol. The summed E-state index contributed by atoms with van der Waals surface area (Å²) in [5.41, 5.74) is 1.41. The first-order valence-electron chi connectivity index (χ1n) is 11.8. The van der Waals surface area contributed by atoms with Gasteiger partial charge in [0.2, 0.25) is 0 Å². The Hall–Kier alpha value is -2.80. The molecule has 1 amide bonds. The molecule has 1 N–H and O–H groups in total. The summed E-state index contributed by atoms with van der Waals surface area (Å²) in [5, 5.41) is 3.45. The maximum absolute atomic E-state index is 12.5. The number of likely N-dealkylation sites (tertiary alicyclic amines) is 1. The Kier molecular flexibility index (Phi) is 7.82. The van der Waals surface area contributed by atoms with Crippen LogP contribution in [0.3, 0.4) is 0 Å². The van der Waals surface area contributed by atoms with Crippen LogP contribution in [0.5, 0.6) is 0 Å². The number of hydrogen-bond acceptors (Lipinski definition) is 4. The quantitative estimate of drug-likeness (QED) is 0.533. The molecule has 0 spiro atoms. The fourth-order valence-electron chi connectivity index (χ4n) is 4.52. The summed E-state index contributed by atoms with van der Waals surface area (Å²) < 4.78 is 5.26. The zero-order chi connectivity index (χ0) is 22.2. The van der Waals surface area contributed by atoms with Crippen LogP contribution in [0.15, 0.2) is 58.1 Å². The van der Waals surface area contributed by atoms with E-state index in [-0.39, 0.29) is 5.91 Å². The second-order valence-electron chi connectivity index (χ2n) is 8.64. The van der Waals surface area contributed by atoms with E-state index in [4.69, 9.17) is 9.41 Å². The fourth-order valence-corrected chi connectivity index (χ4v) is 4.52. The van der Waals surface area contributed by atoms with Gasteiger partial charge in [0, 0.05) is 52.4 Å². The van der Waals surface area contributed by atoms with E-state index in [0.29, 0.717) is 24.8 Å². The summed E-state index contributed by atoms with van der Waals surface area (Å²) in [6.45, 7) is 10.1. The van der Waals surface area contributed by atoms with Gasteiger partial charge in [0.25, 0.3) is 5.91 Å². The number of amides is 1. The molecule has 2 saturated heterocycles. The number of nitrogens with zero attached hydrogens (tertiary/aromatic N) is 4. The van der Waals surface area contributed by atoms with Crippen LogP contribution in [0.4, 0.5) is 0 Å². The molecule has 1 aromatic heterocycles. The molecule has 1 aromatic carbocycles. The molecular weight excluding hydrogens is 402 g/mol. The van der Waals surface area contributed by atoms with Gasteiger partial charge in [-0.1, -0.05) is 30.3 Å². The molecule has 2 aliphatic rings. The molecule has 1 atom stereocenters. The Morgan fingerprint density at radius 1 is 1.06 bits per heavy atom. The molecule has 0 aliphatic carbocycles. The number of hydrogen-bond donors (Lipinski definition) is 1. The van der Waals surface area contributed by atoms with Crippen molar-refractivity contribution >= 4 is 11.9 Å². The zero-order valence-corrected chi connectivity index (χ0v) is 19.1. The predicted molar refractivity (Wildman–Crippen MR) is 127 cm³/mol. The Bertz CT molecular complexity index is 860. The summed E-state index contributed by atoms with van der Waals surface area (Å²) >= 11 is 0. The van der Waals surface area contributed by atoms with Gasteiger partial charge in [-0.05, 0) is 49.9 Å². The lowest BCUT2D eigenvalue weighted by molar-refractivity contribution is 0.0657. The van der Waals surface area contributed by atoms with Crippen LogP contribution in [0, 0.1) is 5.92 Å². The Balaban J connectivity index is 1.24. The van der Waals surface area contributed by atoms with Gasteiger partial charge in [-0.25, -0.2) is 0 Å². The summed E-state index contributed by atoms with van der Waals surface area (Å²) in [4.78, 5) is 24.2. The lowest BCUT2D eigenvalue weighted by atomic mass is 10.1. The van der Waals surface area contributed by atoms with Gasteiger partial charge >= 0.3 is 0 Å². The predicted octanol–water partition coefficient (Wildman–Crippen LogP) is 2.57. The van der Waals surface area contributed by atoms with Gasteiger partial charge in [0.05, 0.1) is 6.26 Å². The number of furan rings is 1. The first kappa shape index (κ1) is 22.4. The lowest BCUT2D eigenvalue weighted by Gasteiger charge is -2.36. The van der Waals surface area contributed by atoms with Crippen LogP contribution in [0.1, 0.15) is 29.5 Å².